The average Bonchev–Trinajstić information content (AvgIpc) is 3.50. The molecular formula is C53H38N2. The molecular weight excluding hydrogens is 665 g/mol. The molecule has 1 aliphatic rings. The summed E-state index contributed by atoms with van der Waals surface area (Å²) < 4.78 is 0. The predicted octanol–water partition coefficient (Wildman–Crippen LogP) is 13.9. The second-order valence-corrected chi connectivity index (χ2v) is 15.0. The van der Waals surface area contributed by atoms with Gasteiger partial charge in [0.1, 0.15) is 0 Å². The van der Waals surface area contributed by atoms with Gasteiger partial charge in [-0.3, -0.25) is 0 Å². The summed E-state index contributed by atoms with van der Waals surface area (Å²) in [7, 11) is 0. The molecule has 0 unspecified atom stereocenters. The van der Waals surface area contributed by atoms with Gasteiger partial charge in [-0.2, -0.15) is 0 Å². The molecule has 0 radical (unpaired) electrons. The Labute approximate surface area is 322 Å². The highest BCUT2D eigenvalue weighted by atomic mass is 14.9. The number of hydrogen-bond donors (Lipinski definition) is 0. The lowest BCUT2D eigenvalue weighted by Gasteiger charge is -2.22. The number of rotatable bonds is 6. The fraction of sp³-hybridized carbons (Fsp3) is 0.0566. The molecule has 8 aromatic carbocycles. The van der Waals surface area contributed by atoms with Crippen LogP contribution in [0.1, 0.15) is 25.1 Å². The molecule has 2 nitrogen and oxygen atoms in total. The second kappa shape index (κ2) is 13.2. The van der Waals surface area contributed by atoms with E-state index in [-0.39, 0.29) is 5.41 Å². The molecule has 0 saturated carbocycles. The highest BCUT2D eigenvalue weighted by Crippen LogP contribution is 2.53. The molecule has 2 heteroatoms. The summed E-state index contributed by atoms with van der Waals surface area (Å²) in [6.07, 6.45) is 0. The van der Waals surface area contributed by atoms with E-state index in [9.17, 15) is 0 Å². The van der Waals surface area contributed by atoms with E-state index in [1.165, 1.54) is 55.3 Å². The van der Waals surface area contributed by atoms with Gasteiger partial charge in [-0.1, -0.05) is 178 Å². The first-order chi connectivity index (χ1) is 27.0. The molecule has 0 spiro atoms. The van der Waals surface area contributed by atoms with Gasteiger partial charge in [-0.05, 0) is 96.7 Å². The van der Waals surface area contributed by atoms with Crippen LogP contribution in [0, 0.1) is 0 Å². The molecule has 1 aliphatic carbocycles. The van der Waals surface area contributed by atoms with Crippen molar-refractivity contribution in [2.24, 2.45) is 0 Å². The van der Waals surface area contributed by atoms with Crippen LogP contribution in [-0.4, -0.2) is 9.97 Å². The van der Waals surface area contributed by atoms with Crippen molar-refractivity contribution >= 4 is 10.8 Å². The van der Waals surface area contributed by atoms with E-state index in [4.69, 9.17) is 9.97 Å². The Balaban J connectivity index is 1.09. The van der Waals surface area contributed by atoms with Crippen molar-refractivity contribution in [1.29, 1.82) is 0 Å². The van der Waals surface area contributed by atoms with Crippen molar-refractivity contribution < 1.29 is 0 Å². The van der Waals surface area contributed by atoms with Crippen molar-refractivity contribution in [1.82, 2.24) is 9.97 Å². The normalized spacial score (nSPS) is 12.7. The SMILES string of the molecule is CC1(C)c2nc(-c3cccc(-c4cccc(-c5cc(-c6ccccc6)cc(-c6ccccc6)c5)c4)c3)nc(-c3ccccc3)c2-c2ccc3ccccc3c21. The third-order valence-electron chi connectivity index (χ3n) is 11.2. The first-order valence-electron chi connectivity index (χ1n) is 19.0. The van der Waals surface area contributed by atoms with E-state index >= 15 is 0 Å². The van der Waals surface area contributed by atoms with Gasteiger partial charge in [0, 0.05) is 22.1 Å². The number of hydrogen-bond acceptors (Lipinski definition) is 2. The largest absolute Gasteiger partial charge is 0.231 e. The third kappa shape index (κ3) is 5.75. The van der Waals surface area contributed by atoms with Gasteiger partial charge in [0.15, 0.2) is 5.82 Å². The van der Waals surface area contributed by atoms with Crippen LogP contribution in [0.5, 0.6) is 0 Å². The smallest absolute Gasteiger partial charge is 0.160 e. The molecule has 55 heavy (non-hydrogen) atoms. The number of benzene rings is 8. The predicted molar refractivity (Wildman–Crippen MR) is 230 cm³/mol. The summed E-state index contributed by atoms with van der Waals surface area (Å²) in [5.74, 6) is 0.740. The maximum atomic E-state index is 5.45. The van der Waals surface area contributed by atoms with E-state index in [2.05, 4.69) is 208 Å². The summed E-state index contributed by atoms with van der Waals surface area (Å²) in [5.41, 5.74) is 16.9. The first kappa shape index (κ1) is 32.7. The molecule has 1 heterocycles. The zero-order valence-corrected chi connectivity index (χ0v) is 30.9. The molecule has 9 aromatic rings. The van der Waals surface area contributed by atoms with Crippen LogP contribution in [0.4, 0.5) is 0 Å². The summed E-state index contributed by atoms with van der Waals surface area (Å²) in [6.45, 7) is 4.63. The molecule has 0 aliphatic heterocycles. The second-order valence-electron chi connectivity index (χ2n) is 15.0. The van der Waals surface area contributed by atoms with Crippen LogP contribution in [0.15, 0.2) is 194 Å². The lowest BCUT2D eigenvalue weighted by atomic mass is 9.82. The summed E-state index contributed by atoms with van der Waals surface area (Å²) in [4.78, 5) is 10.8. The quantitative estimate of drug-likeness (QED) is 0.172. The fourth-order valence-corrected chi connectivity index (χ4v) is 8.48. The molecule has 0 N–H and O–H groups in total. The van der Waals surface area contributed by atoms with Crippen molar-refractivity contribution in [2.75, 3.05) is 0 Å². The Hall–Kier alpha value is -6.90. The lowest BCUT2D eigenvalue weighted by Crippen LogP contribution is -2.18. The molecule has 0 atom stereocenters. The fourth-order valence-electron chi connectivity index (χ4n) is 8.48. The molecule has 0 bridgehead atoms. The Morgan fingerprint density at radius 1 is 0.364 bits per heavy atom. The third-order valence-corrected chi connectivity index (χ3v) is 11.2. The average molecular weight is 703 g/mol. The van der Waals surface area contributed by atoms with E-state index in [1.54, 1.807) is 0 Å². The Morgan fingerprint density at radius 3 is 1.44 bits per heavy atom. The monoisotopic (exact) mass is 702 g/mol. The number of fused-ring (bicyclic) bond motifs is 5. The Morgan fingerprint density at radius 2 is 0.818 bits per heavy atom. The topological polar surface area (TPSA) is 25.8 Å². The number of nitrogens with zero attached hydrogens (tertiary/aromatic N) is 2. The van der Waals surface area contributed by atoms with Gasteiger partial charge in [-0.25, -0.2) is 9.97 Å². The minimum Gasteiger partial charge on any atom is -0.231 e. The van der Waals surface area contributed by atoms with Crippen LogP contribution in [0.25, 0.3) is 89.1 Å². The zero-order valence-electron chi connectivity index (χ0n) is 30.9. The molecule has 1 aromatic heterocycles. The van der Waals surface area contributed by atoms with Gasteiger partial charge in [0.05, 0.1) is 11.4 Å². The van der Waals surface area contributed by atoms with E-state index < -0.39 is 0 Å². The van der Waals surface area contributed by atoms with Gasteiger partial charge in [0.2, 0.25) is 0 Å². The zero-order chi connectivity index (χ0) is 36.9. The molecule has 10 rings (SSSR count). The Bertz CT molecular complexity index is 2820. The lowest BCUT2D eigenvalue weighted by molar-refractivity contribution is 0.641. The minimum absolute atomic E-state index is 0.314. The molecule has 0 fully saturated rings. The van der Waals surface area contributed by atoms with Crippen molar-refractivity contribution in [2.45, 2.75) is 19.3 Å². The van der Waals surface area contributed by atoms with Crippen LogP contribution in [-0.2, 0) is 5.41 Å². The summed E-state index contributed by atoms with van der Waals surface area (Å²) in [5, 5.41) is 2.52. The summed E-state index contributed by atoms with van der Waals surface area (Å²) in [6, 6.07) is 69.6. The minimum atomic E-state index is -0.314. The van der Waals surface area contributed by atoms with E-state index in [0.29, 0.717) is 0 Å². The van der Waals surface area contributed by atoms with E-state index in [0.717, 1.165) is 45.0 Å². The van der Waals surface area contributed by atoms with Crippen LogP contribution in [0.3, 0.4) is 0 Å². The summed E-state index contributed by atoms with van der Waals surface area (Å²) >= 11 is 0. The van der Waals surface area contributed by atoms with Gasteiger partial charge in [-0.15, -0.1) is 0 Å². The highest BCUT2D eigenvalue weighted by molar-refractivity contribution is 6.00. The van der Waals surface area contributed by atoms with Gasteiger partial charge in [0.25, 0.3) is 0 Å². The van der Waals surface area contributed by atoms with Crippen molar-refractivity contribution in [3.05, 3.63) is 205 Å². The van der Waals surface area contributed by atoms with Crippen LogP contribution < -0.4 is 0 Å². The van der Waals surface area contributed by atoms with Gasteiger partial charge >= 0.3 is 0 Å². The highest BCUT2D eigenvalue weighted by Gasteiger charge is 2.41. The first-order valence-corrected chi connectivity index (χ1v) is 19.0. The van der Waals surface area contributed by atoms with Crippen LogP contribution >= 0.6 is 0 Å². The van der Waals surface area contributed by atoms with Crippen LogP contribution in [0.2, 0.25) is 0 Å². The molecule has 260 valence electrons. The Kier molecular flexibility index (Phi) is 7.85. The molecule has 0 saturated heterocycles. The molecule has 0 amide bonds. The van der Waals surface area contributed by atoms with Gasteiger partial charge < -0.3 is 0 Å². The maximum Gasteiger partial charge on any atom is 0.160 e. The van der Waals surface area contributed by atoms with Crippen molar-refractivity contribution in [3.63, 3.8) is 0 Å². The van der Waals surface area contributed by atoms with Crippen molar-refractivity contribution in [3.8, 4) is 78.3 Å². The number of aromatic nitrogens is 2. The standard InChI is InChI=1S/C53H38N2/c1-53(2)49-46-27-13-12-20-37(46)28-29-47(49)48-50(38-21-10-5-11-22-38)54-52(55-51(48)53)42-26-15-24-40(31-42)39-23-14-25-41(30-39)45-33-43(35-16-6-3-7-17-35)32-44(34-45)36-18-8-4-9-19-36/h3-34H,1-2H3. The van der Waals surface area contributed by atoms with E-state index in [1.807, 2.05) is 0 Å². The maximum absolute atomic E-state index is 5.45.